The number of carbonyl (C=O) groups is 2. The number of Topliss-reactive ketones (excluding diaryl/α,β-unsaturated/α-hetero) is 1. The topological polar surface area (TPSA) is 46.6 Å². The van der Waals surface area contributed by atoms with Crippen molar-refractivity contribution in [3.05, 3.63) is 29.8 Å². The van der Waals surface area contributed by atoms with Crippen molar-refractivity contribution in [1.82, 2.24) is 4.90 Å². The molecule has 132 valence electrons. The molecule has 1 fully saturated rings. The average Bonchev–Trinajstić information content (AvgIpc) is 2.54. The van der Waals surface area contributed by atoms with Gasteiger partial charge in [0.1, 0.15) is 11.4 Å². The zero-order chi connectivity index (χ0) is 17.7. The van der Waals surface area contributed by atoms with Crippen LogP contribution in [0.3, 0.4) is 0 Å². The normalized spacial score (nSPS) is 16.1. The van der Waals surface area contributed by atoms with Gasteiger partial charge in [0.25, 0.3) is 0 Å². The van der Waals surface area contributed by atoms with Crippen molar-refractivity contribution in [2.45, 2.75) is 50.5 Å². The Kier molecular flexibility index (Phi) is 6.33. The van der Waals surface area contributed by atoms with E-state index in [4.69, 9.17) is 4.74 Å². The third-order valence-corrected chi connectivity index (χ3v) is 5.00. The summed E-state index contributed by atoms with van der Waals surface area (Å²) < 4.78 is 5.40. The second kappa shape index (κ2) is 8.06. The van der Waals surface area contributed by atoms with Gasteiger partial charge in [0.05, 0.1) is 0 Å². The minimum atomic E-state index is -0.481. The molecule has 1 heterocycles. The minimum absolute atomic E-state index is 0.0404. The van der Waals surface area contributed by atoms with Crippen LogP contribution in [-0.4, -0.2) is 41.7 Å². The highest BCUT2D eigenvalue weighted by atomic mass is 32.2. The second-order valence-corrected chi connectivity index (χ2v) is 8.04. The number of rotatable bonds is 4. The van der Waals surface area contributed by atoms with Crippen molar-refractivity contribution in [1.29, 1.82) is 0 Å². The number of benzene rings is 1. The Morgan fingerprint density at radius 3 is 2.42 bits per heavy atom. The summed E-state index contributed by atoms with van der Waals surface area (Å²) in [6, 6.07) is 8.06. The quantitative estimate of drug-likeness (QED) is 0.766. The summed E-state index contributed by atoms with van der Waals surface area (Å²) in [6.45, 7) is 6.78. The molecule has 0 radical (unpaired) electrons. The molecule has 0 N–H and O–H groups in total. The molecule has 0 saturated carbocycles. The number of thioether (sulfide) groups is 1. The van der Waals surface area contributed by atoms with E-state index in [9.17, 15) is 9.59 Å². The summed E-state index contributed by atoms with van der Waals surface area (Å²) in [5.74, 6) is 0.318. The van der Waals surface area contributed by atoms with Crippen LogP contribution in [0.15, 0.2) is 29.2 Å². The highest BCUT2D eigenvalue weighted by Gasteiger charge is 2.29. The SMILES string of the molecule is CSc1ccccc1CC(=O)C1CCN(C(=O)OC(C)(C)C)CC1. The minimum Gasteiger partial charge on any atom is -0.444 e. The van der Waals surface area contributed by atoms with Gasteiger partial charge in [-0.2, -0.15) is 0 Å². The first-order valence-corrected chi connectivity index (χ1v) is 9.65. The fourth-order valence-electron chi connectivity index (χ4n) is 2.89. The summed E-state index contributed by atoms with van der Waals surface area (Å²) >= 11 is 1.67. The molecule has 1 aromatic rings. The first-order valence-electron chi connectivity index (χ1n) is 8.42. The molecule has 1 aliphatic heterocycles. The Morgan fingerprint density at radius 2 is 1.83 bits per heavy atom. The Balaban J connectivity index is 1.88. The van der Waals surface area contributed by atoms with Crippen molar-refractivity contribution < 1.29 is 14.3 Å². The number of ketones is 1. The standard InChI is InChI=1S/C19H27NO3S/c1-19(2,3)23-18(22)20-11-9-14(10-12-20)16(21)13-15-7-5-6-8-17(15)24-4/h5-8,14H,9-13H2,1-4H3. The van der Waals surface area contributed by atoms with Crippen LogP contribution in [0.2, 0.25) is 0 Å². The summed E-state index contributed by atoms with van der Waals surface area (Å²) in [6.07, 6.45) is 3.68. The number of ether oxygens (including phenoxy) is 1. The summed E-state index contributed by atoms with van der Waals surface area (Å²) in [7, 11) is 0. The smallest absolute Gasteiger partial charge is 0.410 e. The van der Waals surface area contributed by atoms with Crippen LogP contribution in [0.25, 0.3) is 0 Å². The molecule has 1 amide bonds. The fraction of sp³-hybridized carbons (Fsp3) is 0.579. The molecule has 0 spiro atoms. The lowest BCUT2D eigenvalue weighted by Gasteiger charge is -2.33. The van der Waals surface area contributed by atoms with Gasteiger partial charge in [0.15, 0.2) is 0 Å². The van der Waals surface area contributed by atoms with E-state index in [0.29, 0.717) is 19.5 Å². The first kappa shape index (κ1) is 18.8. The van der Waals surface area contributed by atoms with Gasteiger partial charge in [0.2, 0.25) is 0 Å². The Hall–Kier alpha value is -1.49. The molecule has 0 bridgehead atoms. The predicted octanol–water partition coefficient (Wildman–Crippen LogP) is 4.17. The van der Waals surface area contributed by atoms with Gasteiger partial charge >= 0.3 is 6.09 Å². The zero-order valence-corrected chi connectivity index (χ0v) is 15.8. The van der Waals surface area contributed by atoms with Gasteiger partial charge < -0.3 is 9.64 Å². The van der Waals surface area contributed by atoms with Gasteiger partial charge in [-0.15, -0.1) is 11.8 Å². The lowest BCUT2D eigenvalue weighted by atomic mass is 9.89. The molecule has 2 rings (SSSR count). The molecule has 1 aromatic carbocycles. The molecular formula is C19H27NO3S. The lowest BCUT2D eigenvalue weighted by molar-refractivity contribution is -0.123. The monoisotopic (exact) mass is 349 g/mol. The Morgan fingerprint density at radius 1 is 1.21 bits per heavy atom. The van der Waals surface area contributed by atoms with Gasteiger partial charge in [0, 0.05) is 30.3 Å². The maximum Gasteiger partial charge on any atom is 0.410 e. The first-order chi connectivity index (χ1) is 11.3. The maximum absolute atomic E-state index is 12.6. The van der Waals surface area contributed by atoms with Gasteiger partial charge in [-0.3, -0.25) is 4.79 Å². The third-order valence-electron chi connectivity index (χ3n) is 4.16. The van der Waals surface area contributed by atoms with E-state index in [1.165, 1.54) is 0 Å². The summed E-state index contributed by atoms with van der Waals surface area (Å²) in [4.78, 5) is 27.6. The number of hydrogen-bond donors (Lipinski definition) is 0. The number of likely N-dealkylation sites (tertiary alicyclic amines) is 1. The fourth-order valence-corrected chi connectivity index (χ4v) is 3.51. The van der Waals surface area contributed by atoms with Crippen LogP contribution in [0.5, 0.6) is 0 Å². The summed E-state index contributed by atoms with van der Waals surface area (Å²) in [5.41, 5.74) is 0.621. The number of hydrogen-bond acceptors (Lipinski definition) is 4. The van der Waals surface area contributed by atoms with Crippen LogP contribution in [0, 0.1) is 5.92 Å². The van der Waals surface area contributed by atoms with Crippen LogP contribution in [0.4, 0.5) is 4.79 Å². The number of nitrogens with zero attached hydrogens (tertiary/aromatic N) is 1. The molecule has 4 nitrogen and oxygen atoms in total. The second-order valence-electron chi connectivity index (χ2n) is 7.20. The molecule has 5 heteroatoms. The highest BCUT2D eigenvalue weighted by molar-refractivity contribution is 7.98. The lowest BCUT2D eigenvalue weighted by Crippen LogP contribution is -2.43. The van der Waals surface area contributed by atoms with Crippen molar-refractivity contribution in [2.24, 2.45) is 5.92 Å². The Labute approximate surface area is 148 Å². The molecule has 0 aliphatic carbocycles. The third kappa shape index (κ3) is 5.26. The Bertz CT molecular complexity index is 587. The largest absolute Gasteiger partial charge is 0.444 e. The van der Waals surface area contributed by atoms with E-state index in [-0.39, 0.29) is 17.8 Å². The molecule has 0 atom stereocenters. The van der Waals surface area contributed by atoms with E-state index in [2.05, 4.69) is 6.07 Å². The van der Waals surface area contributed by atoms with Crippen molar-refractivity contribution in [2.75, 3.05) is 19.3 Å². The molecule has 1 aliphatic rings. The van der Waals surface area contributed by atoms with Gasteiger partial charge in [-0.05, 0) is 51.5 Å². The number of piperidine rings is 1. The van der Waals surface area contributed by atoms with E-state index in [1.54, 1.807) is 16.7 Å². The van der Waals surface area contributed by atoms with Crippen LogP contribution >= 0.6 is 11.8 Å². The molecule has 0 aromatic heterocycles. The van der Waals surface area contributed by atoms with Crippen LogP contribution in [-0.2, 0) is 16.0 Å². The van der Waals surface area contributed by atoms with E-state index >= 15 is 0 Å². The predicted molar refractivity (Wildman–Crippen MR) is 97.5 cm³/mol. The maximum atomic E-state index is 12.6. The van der Waals surface area contributed by atoms with Crippen molar-refractivity contribution in [3.8, 4) is 0 Å². The van der Waals surface area contributed by atoms with E-state index < -0.39 is 5.60 Å². The zero-order valence-electron chi connectivity index (χ0n) is 15.0. The molecule has 0 unspecified atom stereocenters. The number of carbonyl (C=O) groups excluding carboxylic acids is 2. The summed E-state index contributed by atoms with van der Waals surface area (Å²) in [5, 5.41) is 0. The van der Waals surface area contributed by atoms with Crippen molar-refractivity contribution in [3.63, 3.8) is 0 Å². The van der Waals surface area contributed by atoms with Crippen molar-refractivity contribution >= 4 is 23.6 Å². The van der Waals surface area contributed by atoms with E-state index in [1.807, 2.05) is 45.2 Å². The molecular weight excluding hydrogens is 322 g/mol. The van der Waals surface area contributed by atoms with Crippen LogP contribution in [0.1, 0.15) is 39.2 Å². The van der Waals surface area contributed by atoms with Gasteiger partial charge in [-0.1, -0.05) is 18.2 Å². The molecule has 1 saturated heterocycles. The van der Waals surface area contributed by atoms with Gasteiger partial charge in [-0.25, -0.2) is 4.79 Å². The highest BCUT2D eigenvalue weighted by Crippen LogP contribution is 2.25. The number of amides is 1. The van der Waals surface area contributed by atoms with E-state index in [0.717, 1.165) is 23.3 Å². The molecule has 24 heavy (non-hydrogen) atoms. The average molecular weight is 349 g/mol. The van der Waals surface area contributed by atoms with Crippen LogP contribution < -0.4 is 0 Å².